The summed E-state index contributed by atoms with van der Waals surface area (Å²) < 4.78 is 1.98. The zero-order chi connectivity index (χ0) is 20.5. The third-order valence-electron chi connectivity index (χ3n) is 6.31. The van der Waals surface area contributed by atoms with Crippen molar-refractivity contribution in [3.63, 3.8) is 0 Å². The quantitative estimate of drug-likeness (QED) is 0.718. The van der Waals surface area contributed by atoms with E-state index in [4.69, 9.17) is 4.98 Å². The predicted octanol–water partition coefficient (Wildman–Crippen LogP) is 3.98. The molecule has 3 heterocycles. The molecule has 1 atom stereocenters. The molecule has 2 aromatic heterocycles. The number of hydrogen-bond donors (Lipinski definition) is 1. The van der Waals surface area contributed by atoms with Crippen LogP contribution in [0.4, 0.5) is 0 Å². The number of carbonyl (C=O) groups excluding carboxylic acids is 2. The number of amides is 2. The number of benzene rings is 1. The summed E-state index contributed by atoms with van der Waals surface area (Å²) in [5.74, 6) is 0.669. The third-order valence-corrected chi connectivity index (χ3v) is 6.31. The first-order valence-corrected chi connectivity index (χ1v) is 10.9. The van der Waals surface area contributed by atoms with Crippen LogP contribution >= 0.6 is 0 Å². The number of aromatic nitrogens is 2. The van der Waals surface area contributed by atoms with Gasteiger partial charge in [-0.15, -0.1) is 0 Å². The molecule has 154 valence electrons. The Morgan fingerprint density at radius 2 is 1.70 bits per heavy atom. The monoisotopic (exact) mass is 402 g/mol. The van der Waals surface area contributed by atoms with E-state index >= 15 is 0 Å². The largest absolute Gasteiger partial charge is 0.348 e. The molecule has 0 bridgehead atoms. The maximum atomic E-state index is 13.1. The van der Waals surface area contributed by atoms with Gasteiger partial charge in [-0.3, -0.25) is 9.59 Å². The number of fused-ring (bicyclic) bond motifs is 1. The fourth-order valence-electron chi connectivity index (χ4n) is 4.81. The molecule has 1 aliphatic carbocycles. The van der Waals surface area contributed by atoms with Gasteiger partial charge in [-0.25, -0.2) is 4.98 Å². The highest BCUT2D eigenvalue weighted by Gasteiger charge is 2.34. The molecule has 0 radical (unpaired) electrons. The lowest BCUT2D eigenvalue weighted by Crippen LogP contribution is -2.33. The van der Waals surface area contributed by atoms with Crippen LogP contribution in [-0.4, -0.2) is 38.7 Å². The Morgan fingerprint density at radius 3 is 2.50 bits per heavy atom. The Labute approximate surface area is 175 Å². The number of rotatable bonds is 4. The lowest BCUT2D eigenvalue weighted by molar-refractivity contribution is 0.0729. The lowest BCUT2D eigenvalue weighted by atomic mass is 10.1. The van der Waals surface area contributed by atoms with Gasteiger partial charge in [0.1, 0.15) is 5.82 Å². The summed E-state index contributed by atoms with van der Waals surface area (Å²) >= 11 is 0. The van der Waals surface area contributed by atoms with Crippen LogP contribution in [0.1, 0.15) is 71.2 Å². The van der Waals surface area contributed by atoms with Crippen molar-refractivity contribution in [3.05, 3.63) is 71.8 Å². The molecule has 1 aromatic carbocycles. The van der Waals surface area contributed by atoms with E-state index in [2.05, 4.69) is 5.32 Å². The molecule has 1 saturated carbocycles. The van der Waals surface area contributed by atoms with Gasteiger partial charge < -0.3 is 14.6 Å². The van der Waals surface area contributed by atoms with Crippen molar-refractivity contribution in [2.45, 2.75) is 50.6 Å². The molecule has 1 aliphatic heterocycles. The second-order valence-corrected chi connectivity index (χ2v) is 8.25. The first-order chi connectivity index (χ1) is 14.7. The van der Waals surface area contributed by atoms with Crippen molar-refractivity contribution in [1.29, 1.82) is 0 Å². The SMILES string of the molecule is O=C(NC1CCCC1)c1nc(C2CCCN2C(=O)c2ccccc2)n2ccccc12. The lowest BCUT2D eigenvalue weighted by Gasteiger charge is -2.24. The fraction of sp³-hybridized carbons (Fsp3) is 0.375. The predicted molar refractivity (Wildman–Crippen MR) is 114 cm³/mol. The van der Waals surface area contributed by atoms with E-state index in [1.165, 1.54) is 12.8 Å². The van der Waals surface area contributed by atoms with Crippen molar-refractivity contribution in [2.75, 3.05) is 6.54 Å². The van der Waals surface area contributed by atoms with E-state index in [0.29, 0.717) is 17.8 Å². The van der Waals surface area contributed by atoms with Gasteiger partial charge in [-0.05, 0) is 49.9 Å². The standard InChI is InChI=1S/C24H26N4O2/c29-23(25-18-11-4-5-12-18)21-19-13-6-7-15-27(19)22(26-21)20-14-8-16-28(20)24(30)17-9-2-1-3-10-17/h1-3,6-7,9-10,13,15,18,20H,4-5,8,11-12,14,16H2,(H,25,29). The van der Waals surface area contributed by atoms with Crippen molar-refractivity contribution in [2.24, 2.45) is 0 Å². The number of nitrogens with zero attached hydrogens (tertiary/aromatic N) is 3. The van der Waals surface area contributed by atoms with Crippen molar-refractivity contribution in [1.82, 2.24) is 19.6 Å². The normalized spacial score (nSPS) is 19.5. The van der Waals surface area contributed by atoms with Gasteiger partial charge in [0.05, 0.1) is 11.6 Å². The van der Waals surface area contributed by atoms with Crippen LogP contribution in [0.3, 0.4) is 0 Å². The minimum Gasteiger partial charge on any atom is -0.348 e. The summed E-state index contributed by atoms with van der Waals surface area (Å²) in [7, 11) is 0. The van der Waals surface area contributed by atoms with Crippen LogP contribution in [0.2, 0.25) is 0 Å². The molecule has 1 unspecified atom stereocenters. The Bertz CT molecular complexity index is 1070. The molecule has 6 heteroatoms. The maximum Gasteiger partial charge on any atom is 0.272 e. The van der Waals surface area contributed by atoms with Gasteiger partial charge in [0.2, 0.25) is 0 Å². The Morgan fingerprint density at radius 1 is 0.933 bits per heavy atom. The van der Waals surface area contributed by atoms with Crippen LogP contribution in [0.25, 0.3) is 5.52 Å². The van der Waals surface area contributed by atoms with Gasteiger partial charge in [-0.2, -0.15) is 0 Å². The number of imidazole rings is 1. The van der Waals surface area contributed by atoms with Crippen LogP contribution in [0, 0.1) is 0 Å². The zero-order valence-electron chi connectivity index (χ0n) is 17.0. The number of hydrogen-bond acceptors (Lipinski definition) is 3. The molecule has 1 saturated heterocycles. The molecule has 1 N–H and O–H groups in total. The van der Waals surface area contributed by atoms with E-state index in [-0.39, 0.29) is 23.9 Å². The van der Waals surface area contributed by atoms with Crippen molar-refractivity contribution < 1.29 is 9.59 Å². The number of carbonyl (C=O) groups is 2. The summed E-state index contributed by atoms with van der Waals surface area (Å²) in [5.41, 5.74) is 1.93. The fourth-order valence-corrected chi connectivity index (χ4v) is 4.81. The Hall–Kier alpha value is -3.15. The average molecular weight is 402 g/mol. The summed E-state index contributed by atoms with van der Waals surface area (Å²) in [6, 6.07) is 15.3. The van der Waals surface area contributed by atoms with E-state index in [9.17, 15) is 9.59 Å². The summed E-state index contributed by atoms with van der Waals surface area (Å²) in [6.45, 7) is 0.698. The van der Waals surface area contributed by atoms with Gasteiger partial charge >= 0.3 is 0 Å². The highest BCUT2D eigenvalue weighted by atomic mass is 16.2. The number of likely N-dealkylation sites (tertiary alicyclic amines) is 1. The molecule has 0 spiro atoms. The summed E-state index contributed by atoms with van der Waals surface area (Å²) in [5, 5.41) is 3.16. The number of pyridine rings is 1. The molecule has 2 aliphatic rings. The van der Waals surface area contributed by atoms with Crippen LogP contribution < -0.4 is 5.32 Å². The van der Waals surface area contributed by atoms with Gasteiger partial charge in [-0.1, -0.05) is 37.1 Å². The second kappa shape index (κ2) is 7.94. The van der Waals surface area contributed by atoms with Crippen LogP contribution in [0.15, 0.2) is 54.7 Å². The molecule has 2 amide bonds. The van der Waals surface area contributed by atoms with E-state index in [0.717, 1.165) is 37.0 Å². The molecule has 30 heavy (non-hydrogen) atoms. The third kappa shape index (κ3) is 3.36. The first kappa shape index (κ1) is 18.9. The molecular formula is C24H26N4O2. The highest BCUT2D eigenvalue weighted by molar-refractivity contribution is 5.99. The average Bonchev–Trinajstić information content (AvgIpc) is 3.53. The van der Waals surface area contributed by atoms with Gasteiger partial charge in [0.25, 0.3) is 11.8 Å². The minimum atomic E-state index is -0.138. The summed E-state index contributed by atoms with van der Waals surface area (Å²) in [6.07, 6.45) is 8.11. The first-order valence-electron chi connectivity index (χ1n) is 10.9. The molecule has 2 fully saturated rings. The van der Waals surface area contributed by atoms with Crippen molar-refractivity contribution >= 4 is 17.3 Å². The molecule has 6 nitrogen and oxygen atoms in total. The van der Waals surface area contributed by atoms with Crippen molar-refractivity contribution in [3.8, 4) is 0 Å². The van der Waals surface area contributed by atoms with E-state index < -0.39 is 0 Å². The smallest absolute Gasteiger partial charge is 0.272 e. The second-order valence-electron chi connectivity index (χ2n) is 8.25. The zero-order valence-corrected chi connectivity index (χ0v) is 17.0. The van der Waals surface area contributed by atoms with Gasteiger partial charge in [0, 0.05) is 24.3 Å². The molecule has 5 rings (SSSR count). The summed E-state index contributed by atoms with van der Waals surface area (Å²) in [4.78, 5) is 32.9. The molecular weight excluding hydrogens is 376 g/mol. The van der Waals surface area contributed by atoms with Crippen LogP contribution in [0.5, 0.6) is 0 Å². The van der Waals surface area contributed by atoms with Crippen LogP contribution in [-0.2, 0) is 0 Å². The van der Waals surface area contributed by atoms with Gasteiger partial charge in [0.15, 0.2) is 5.69 Å². The van der Waals surface area contributed by atoms with E-state index in [1.807, 2.05) is 64.0 Å². The minimum absolute atomic E-state index is 0.0164. The molecule has 3 aromatic rings. The maximum absolute atomic E-state index is 13.1. The Kier molecular flexibility index (Phi) is 4.99. The highest BCUT2D eigenvalue weighted by Crippen LogP contribution is 2.34. The Balaban J connectivity index is 1.49. The number of nitrogens with one attached hydrogen (secondary N) is 1. The van der Waals surface area contributed by atoms with E-state index in [1.54, 1.807) is 0 Å². The topological polar surface area (TPSA) is 66.7 Å².